The Kier molecular flexibility index (Phi) is 2.41. The van der Waals surface area contributed by atoms with E-state index in [0.717, 1.165) is 11.1 Å². The van der Waals surface area contributed by atoms with Crippen molar-refractivity contribution in [1.29, 1.82) is 0 Å². The summed E-state index contributed by atoms with van der Waals surface area (Å²) < 4.78 is 5.21. The predicted octanol–water partition coefficient (Wildman–Crippen LogP) is 1.55. The van der Waals surface area contributed by atoms with Gasteiger partial charge in [-0.1, -0.05) is 29.8 Å². The van der Waals surface area contributed by atoms with Crippen molar-refractivity contribution in [2.45, 2.75) is 13.0 Å². The second-order valence-electron chi connectivity index (χ2n) is 3.47. The van der Waals surface area contributed by atoms with E-state index in [-0.39, 0.29) is 12.0 Å². The SMILES string of the molecule is Cc1cccc(C2CN=C(C(=O)O)O2)c1. The minimum atomic E-state index is -1.11. The molecule has 1 aromatic rings. The highest BCUT2D eigenvalue weighted by Crippen LogP contribution is 2.23. The molecule has 0 fully saturated rings. The first kappa shape index (κ1) is 9.71. The zero-order chi connectivity index (χ0) is 10.8. The highest BCUT2D eigenvalue weighted by atomic mass is 16.5. The first-order valence-corrected chi connectivity index (χ1v) is 4.68. The molecular weight excluding hydrogens is 194 g/mol. The molecule has 0 aliphatic carbocycles. The molecule has 0 saturated heterocycles. The van der Waals surface area contributed by atoms with Crippen molar-refractivity contribution in [2.75, 3.05) is 6.54 Å². The number of ether oxygens (including phenoxy) is 1. The van der Waals surface area contributed by atoms with Crippen LogP contribution in [0.1, 0.15) is 17.2 Å². The molecule has 0 spiro atoms. The molecule has 4 nitrogen and oxygen atoms in total. The number of carbonyl (C=O) groups is 1. The van der Waals surface area contributed by atoms with Gasteiger partial charge < -0.3 is 9.84 Å². The van der Waals surface area contributed by atoms with Crippen molar-refractivity contribution in [3.63, 3.8) is 0 Å². The van der Waals surface area contributed by atoms with Gasteiger partial charge in [-0.05, 0) is 12.5 Å². The minimum Gasteiger partial charge on any atom is -0.474 e. The first-order valence-electron chi connectivity index (χ1n) is 4.68. The highest BCUT2D eigenvalue weighted by molar-refractivity contribution is 6.32. The van der Waals surface area contributed by atoms with Gasteiger partial charge >= 0.3 is 5.97 Å². The van der Waals surface area contributed by atoms with Gasteiger partial charge in [0.2, 0.25) is 0 Å². The Labute approximate surface area is 87.2 Å². The zero-order valence-corrected chi connectivity index (χ0v) is 8.30. The van der Waals surface area contributed by atoms with Crippen molar-refractivity contribution >= 4 is 11.9 Å². The van der Waals surface area contributed by atoms with Crippen LogP contribution in [0.15, 0.2) is 29.3 Å². The number of benzene rings is 1. The van der Waals surface area contributed by atoms with Gasteiger partial charge in [0.1, 0.15) is 6.10 Å². The summed E-state index contributed by atoms with van der Waals surface area (Å²) in [5.74, 6) is -1.30. The number of aryl methyl sites for hydroxylation is 1. The summed E-state index contributed by atoms with van der Waals surface area (Å²) in [5.41, 5.74) is 2.09. The summed E-state index contributed by atoms with van der Waals surface area (Å²) in [4.78, 5) is 14.4. The quantitative estimate of drug-likeness (QED) is 0.796. The monoisotopic (exact) mass is 205 g/mol. The average molecular weight is 205 g/mol. The van der Waals surface area contributed by atoms with E-state index in [9.17, 15) is 4.79 Å². The van der Waals surface area contributed by atoms with Gasteiger partial charge in [0.15, 0.2) is 0 Å². The predicted molar refractivity (Wildman–Crippen MR) is 54.9 cm³/mol. The molecule has 1 aliphatic rings. The molecule has 1 N–H and O–H groups in total. The van der Waals surface area contributed by atoms with E-state index in [2.05, 4.69) is 4.99 Å². The minimum absolute atomic E-state index is 0.193. The van der Waals surface area contributed by atoms with Crippen molar-refractivity contribution in [1.82, 2.24) is 0 Å². The largest absolute Gasteiger partial charge is 0.474 e. The lowest BCUT2D eigenvalue weighted by Gasteiger charge is -2.10. The molecule has 2 rings (SSSR count). The summed E-state index contributed by atoms with van der Waals surface area (Å²) in [7, 11) is 0. The average Bonchev–Trinajstić information content (AvgIpc) is 2.66. The zero-order valence-electron chi connectivity index (χ0n) is 8.30. The Balaban J connectivity index is 2.13. The standard InChI is InChI=1S/C11H11NO3/c1-7-3-2-4-8(5-7)9-6-12-10(15-9)11(13)14/h2-5,9H,6H2,1H3,(H,13,14). The van der Waals surface area contributed by atoms with Crippen LogP contribution in [-0.2, 0) is 9.53 Å². The molecule has 1 atom stereocenters. The van der Waals surface area contributed by atoms with E-state index < -0.39 is 5.97 Å². The molecule has 1 heterocycles. The second-order valence-corrected chi connectivity index (χ2v) is 3.47. The molecule has 1 unspecified atom stereocenters. The summed E-state index contributed by atoms with van der Waals surface area (Å²) in [6.07, 6.45) is -0.254. The van der Waals surface area contributed by atoms with Crippen LogP contribution in [-0.4, -0.2) is 23.5 Å². The van der Waals surface area contributed by atoms with Crippen LogP contribution in [0.2, 0.25) is 0 Å². The van der Waals surface area contributed by atoms with Crippen LogP contribution in [0, 0.1) is 6.92 Å². The van der Waals surface area contributed by atoms with Crippen LogP contribution in [0.3, 0.4) is 0 Å². The highest BCUT2D eigenvalue weighted by Gasteiger charge is 2.25. The Bertz CT molecular complexity index is 426. The molecule has 78 valence electrons. The second kappa shape index (κ2) is 3.73. The third-order valence-electron chi connectivity index (χ3n) is 2.25. The van der Waals surface area contributed by atoms with E-state index >= 15 is 0 Å². The molecule has 0 amide bonds. The number of nitrogens with zero attached hydrogens (tertiary/aromatic N) is 1. The van der Waals surface area contributed by atoms with Gasteiger partial charge in [0.05, 0.1) is 6.54 Å². The van der Waals surface area contributed by atoms with Crippen molar-refractivity contribution in [2.24, 2.45) is 4.99 Å². The van der Waals surface area contributed by atoms with Crippen molar-refractivity contribution < 1.29 is 14.6 Å². The summed E-state index contributed by atoms with van der Waals surface area (Å²) in [5, 5.41) is 8.68. The molecular formula is C11H11NO3. The Morgan fingerprint density at radius 3 is 3.00 bits per heavy atom. The third kappa shape index (κ3) is 1.98. The van der Waals surface area contributed by atoms with Gasteiger partial charge in [0.25, 0.3) is 5.90 Å². The molecule has 1 aromatic carbocycles. The number of rotatable bonds is 2. The van der Waals surface area contributed by atoms with E-state index in [1.54, 1.807) is 0 Å². The fraction of sp³-hybridized carbons (Fsp3) is 0.273. The van der Waals surface area contributed by atoms with Crippen LogP contribution in [0.4, 0.5) is 0 Å². The molecule has 0 aromatic heterocycles. The Morgan fingerprint density at radius 2 is 2.40 bits per heavy atom. The van der Waals surface area contributed by atoms with Crippen LogP contribution < -0.4 is 0 Å². The van der Waals surface area contributed by atoms with Gasteiger partial charge in [-0.3, -0.25) is 0 Å². The summed E-state index contributed by atoms with van der Waals surface area (Å²) in [6.45, 7) is 2.36. The third-order valence-corrected chi connectivity index (χ3v) is 2.25. The molecule has 4 heteroatoms. The maximum Gasteiger partial charge on any atom is 0.391 e. The van der Waals surface area contributed by atoms with E-state index in [1.807, 2.05) is 31.2 Å². The topological polar surface area (TPSA) is 58.9 Å². The number of carboxylic acids is 1. The molecule has 0 saturated carbocycles. The van der Waals surface area contributed by atoms with Crippen LogP contribution in [0.25, 0.3) is 0 Å². The maximum absolute atomic E-state index is 10.6. The van der Waals surface area contributed by atoms with Crippen LogP contribution in [0.5, 0.6) is 0 Å². The Hall–Kier alpha value is -1.84. The normalized spacial score (nSPS) is 19.5. The fourth-order valence-electron chi connectivity index (χ4n) is 1.54. The lowest BCUT2D eigenvalue weighted by molar-refractivity contribution is -0.131. The molecule has 15 heavy (non-hydrogen) atoms. The summed E-state index contributed by atoms with van der Waals surface area (Å²) in [6, 6.07) is 7.80. The number of hydrogen-bond acceptors (Lipinski definition) is 3. The van der Waals surface area contributed by atoms with Gasteiger partial charge in [-0.2, -0.15) is 0 Å². The molecule has 0 bridgehead atoms. The number of aliphatic imine (C=N–C) groups is 1. The van der Waals surface area contributed by atoms with Gasteiger partial charge in [0, 0.05) is 0 Å². The van der Waals surface area contributed by atoms with E-state index in [1.165, 1.54) is 0 Å². The Morgan fingerprint density at radius 1 is 1.60 bits per heavy atom. The number of aliphatic carboxylic acids is 1. The maximum atomic E-state index is 10.6. The molecule has 0 radical (unpaired) electrons. The lowest BCUT2D eigenvalue weighted by atomic mass is 10.1. The van der Waals surface area contributed by atoms with E-state index in [4.69, 9.17) is 9.84 Å². The smallest absolute Gasteiger partial charge is 0.391 e. The number of carboxylic acid groups (broad SMARTS) is 1. The van der Waals surface area contributed by atoms with Crippen LogP contribution >= 0.6 is 0 Å². The fourth-order valence-corrected chi connectivity index (χ4v) is 1.54. The van der Waals surface area contributed by atoms with E-state index in [0.29, 0.717) is 6.54 Å². The number of hydrogen-bond donors (Lipinski definition) is 1. The first-order chi connectivity index (χ1) is 7.16. The summed E-state index contributed by atoms with van der Waals surface area (Å²) >= 11 is 0. The lowest BCUT2D eigenvalue weighted by Crippen LogP contribution is -2.14. The van der Waals surface area contributed by atoms with Crippen molar-refractivity contribution in [3.8, 4) is 0 Å². The van der Waals surface area contributed by atoms with Crippen molar-refractivity contribution in [3.05, 3.63) is 35.4 Å². The molecule has 1 aliphatic heterocycles. The van der Waals surface area contributed by atoms with Gasteiger partial charge in [-0.15, -0.1) is 0 Å². The van der Waals surface area contributed by atoms with Gasteiger partial charge in [-0.25, -0.2) is 9.79 Å².